The van der Waals surface area contributed by atoms with E-state index >= 15 is 0 Å². The van der Waals surface area contributed by atoms with E-state index in [0.29, 0.717) is 6.04 Å². The maximum absolute atomic E-state index is 13.1. The highest BCUT2D eigenvalue weighted by Gasteiger charge is 2.40. The third kappa shape index (κ3) is 3.38. The smallest absolute Gasteiger partial charge is 0.123 e. The van der Waals surface area contributed by atoms with Crippen LogP contribution in [0, 0.1) is 12.7 Å². The van der Waals surface area contributed by atoms with Gasteiger partial charge in [-0.05, 0) is 36.8 Å². The second-order valence-electron chi connectivity index (χ2n) is 6.78. The average Bonchev–Trinajstić information content (AvgIpc) is 3.16. The summed E-state index contributed by atoms with van der Waals surface area (Å²) in [6, 6.07) is 11.3. The molecule has 0 unspecified atom stereocenters. The molecule has 5 heteroatoms. The maximum atomic E-state index is 13.1. The van der Waals surface area contributed by atoms with Gasteiger partial charge in [0.2, 0.25) is 0 Å². The quantitative estimate of drug-likeness (QED) is 0.862. The zero-order valence-corrected chi connectivity index (χ0v) is 14.0. The van der Waals surface area contributed by atoms with Gasteiger partial charge in [-0.25, -0.2) is 4.39 Å². The van der Waals surface area contributed by atoms with Gasteiger partial charge in [-0.3, -0.25) is 9.80 Å². The predicted molar refractivity (Wildman–Crippen MR) is 89.1 cm³/mol. The van der Waals surface area contributed by atoms with Gasteiger partial charge in [0.25, 0.3) is 0 Å². The molecule has 3 heterocycles. The minimum absolute atomic E-state index is 0.183. The maximum Gasteiger partial charge on any atom is 0.123 e. The van der Waals surface area contributed by atoms with Gasteiger partial charge in [0.1, 0.15) is 17.3 Å². The molecule has 0 aliphatic carbocycles. The van der Waals surface area contributed by atoms with Gasteiger partial charge in [-0.15, -0.1) is 0 Å². The number of ether oxygens (including phenoxy) is 1. The number of nitrogens with zero attached hydrogens (tertiary/aromatic N) is 2. The highest BCUT2D eigenvalue weighted by Crippen LogP contribution is 2.26. The summed E-state index contributed by atoms with van der Waals surface area (Å²) in [7, 11) is 0. The van der Waals surface area contributed by atoms with Gasteiger partial charge >= 0.3 is 0 Å². The fraction of sp³-hybridized carbons (Fsp3) is 0.474. The summed E-state index contributed by atoms with van der Waals surface area (Å²) < 4.78 is 24.8. The summed E-state index contributed by atoms with van der Waals surface area (Å²) in [6.07, 6.45) is 0.246. The third-order valence-corrected chi connectivity index (χ3v) is 4.97. The number of furan rings is 1. The monoisotopic (exact) mass is 330 g/mol. The van der Waals surface area contributed by atoms with E-state index in [0.717, 1.165) is 56.4 Å². The van der Waals surface area contributed by atoms with Gasteiger partial charge in [0.15, 0.2) is 0 Å². The van der Waals surface area contributed by atoms with E-state index in [2.05, 4.69) is 15.9 Å². The molecule has 2 aliphatic rings. The molecule has 128 valence electrons. The zero-order chi connectivity index (χ0) is 16.5. The second-order valence-corrected chi connectivity index (χ2v) is 6.78. The van der Waals surface area contributed by atoms with Crippen LogP contribution in [0.3, 0.4) is 0 Å². The van der Waals surface area contributed by atoms with Crippen molar-refractivity contribution in [3.8, 4) is 0 Å². The molecule has 0 amide bonds. The average molecular weight is 330 g/mol. The van der Waals surface area contributed by atoms with Crippen LogP contribution in [-0.2, 0) is 17.8 Å². The van der Waals surface area contributed by atoms with Crippen LogP contribution in [0.5, 0.6) is 0 Å². The van der Waals surface area contributed by atoms with Crippen LogP contribution in [0.15, 0.2) is 40.8 Å². The number of hydrogen-bond acceptors (Lipinski definition) is 4. The number of rotatable bonds is 4. The van der Waals surface area contributed by atoms with E-state index in [1.54, 1.807) is 0 Å². The van der Waals surface area contributed by atoms with Crippen LogP contribution in [0.25, 0.3) is 0 Å². The van der Waals surface area contributed by atoms with E-state index in [-0.39, 0.29) is 11.9 Å². The highest BCUT2D eigenvalue weighted by molar-refractivity contribution is 5.16. The van der Waals surface area contributed by atoms with Crippen molar-refractivity contribution in [3.05, 3.63) is 59.3 Å². The summed E-state index contributed by atoms with van der Waals surface area (Å²) in [5, 5.41) is 0. The molecular formula is C19H23FN2O2. The van der Waals surface area contributed by atoms with Crippen LogP contribution >= 0.6 is 0 Å². The van der Waals surface area contributed by atoms with Crippen LogP contribution in [0.2, 0.25) is 0 Å². The molecule has 24 heavy (non-hydrogen) atoms. The molecule has 1 aromatic carbocycles. The lowest BCUT2D eigenvalue weighted by Crippen LogP contribution is -2.50. The topological polar surface area (TPSA) is 28.9 Å². The Morgan fingerprint density at radius 1 is 1.08 bits per heavy atom. The fourth-order valence-electron chi connectivity index (χ4n) is 3.78. The Balaban J connectivity index is 1.41. The first-order valence-corrected chi connectivity index (χ1v) is 8.55. The predicted octanol–water partition coefficient (Wildman–Crippen LogP) is 2.81. The van der Waals surface area contributed by atoms with E-state index in [9.17, 15) is 4.39 Å². The summed E-state index contributed by atoms with van der Waals surface area (Å²) in [5.41, 5.74) is 1.14. The van der Waals surface area contributed by atoms with Crippen LogP contribution in [-0.4, -0.2) is 48.2 Å². The SMILES string of the molecule is Cc1ccc(CN2CCO[C@H]3CN(Cc4ccc(F)cc4)C[C@H]32)o1. The first-order valence-electron chi connectivity index (χ1n) is 8.55. The first-order chi connectivity index (χ1) is 11.7. The van der Waals surface area contributed by atoms with E-state index in [1.165, 1.54) is 12.1 Å². The zero-order valence-electron chi connectivity index (χ0n) is 14.0. The van der Waals surface area contributed by atoms with Crippen molar-refractivity contribution >= 4 is 0 Å². The van der Waals surface area contributed by atoms with E-state index in [1.807, 2.05) is 25.1 Å². The van der Waals surface area contributed by atoms with Crippen LogP contribution in [0.4, 0.5) is 4.39 Å². The highest BCUT2D eigenvalue weighted by atomic mass is 19.1. The van der Waals surface area contributed by atoms with E-state index in [4.69, 9.17) is 9.15 Å². The van der Waals surface area contributed by atoms with Crippen molar-refractivity contribution in [1.29, 1.82) is 0 Å². The Morgan fingerprint density at radius 3 is 2.67 bits per heavy atom. The lowest BCUT2D eigenvalue weighted by molar-refractivity contribution is -0.0523. The lowest BCUT2D eigenvalue weighted by atomic mass is 10.1. The molecule has 2 atom stereocenters. The number of benzene rings is 1. The first kappa shape index (κ1) is 15.8. The second kappa shape index (κ2) is 6.67. The molecular weight excluding hydrogens is 307 g/mol. The van der Waals surface area contributed by atoms with Crippen molar-refractivity contribution in [2.24, 2.45) is 0 Å². The summed E-state index contributed by atoms with van der Waals surface area (Å²) in [5.74, 6) is 1.79. The molecule has 2 aliphatic heterocycles. The summed E-state index contributed by atoms with van der Waals surface area (Å²) in [6.45, 7) is 7.26. The Bertz CT molecular complexity index is 685. The lowest BCUT2D eigenvalue weighted by Gasteiger charge is -2.36. The molecule has 1 aromatic heterocycles. The van der Waals surface area contributed by atoms with Gasteiger partial charge in [0.05, 0.1) is 25.3 Å². The minimum Gasteiger partial charge on any atom is -0.465 e. The number of morpholine rings is 1. The van der Waals surface area contributed by atoms with Gasteiger partial charge in [0, 0.05) is 26.2 Å². The van der Waals surface area contributed by atoms with Crippen molar-refractivity contribution in [2.45, 2.75) is 32.2 Å². The van der Waals surface area contributed by atoms with Crippen molar-refractivity contribution in [3.63, 3.8) is 0 Å². The number of fused-ring (bicyclic) bond motifs is 1. The number of likely N-dealkylation sites (tertiary alicyclic amines) is 1. The van der Waals surface area contributed by atoms with Crippen molar-refractivity contribution < 1.29 is 13.5 Å². The molecule has 4 rings (SSSR count). The molecule has 0 bridgehead atoms. The molecule has 0 spiro atoms. The third-order valence-electron chi connectivity index (χ3n) is 4.97. The van der Waals surface area contributed by atoms with Crippen molar-refractivity contribution in [2.75, 3.05) is 26.2 Å². The number of hydrogen-bond donors (Lipinski definition) is 0. The fourth-order valence-corrected chi connectivity index (χ4v) is 3.78. The largest absolute Gasteiger partial charge is 0.465 e. The Morgan fingerprint density at radius 2 is 1.92 bits per heavy atom. The molecule has 4 nitrogen and oxygen atoms in total. The molecule has 2 aromatic rings. The Hall–Kier alpha value is -1.69. The molecule has 2 fully saturated rings. The molecule has 0 saturated carbocycles. The summed E-state index contributed by atoms with van der Waals surface area (Å²) >= 11 is 0. The standard InChI is InChI=1S/C19H23FN2O2/c1-14-2-7-17(24-14)11-22-8-9-23-19-13-21(12-18(19)22)10-15-3-5-16(20)6-4-15/h2-7,18-19H,8-13H2,1H3/t18-,19+/m1/s1. The number of halogens is 1. The minimum atomic E-state index is -0.183. The van der Waals surface area contributed by atoms with Gasteiger partial charge < -0.3 is 9.15 Å². The molecule has 0 N–H and O–H groups in total. The van der Waals surface area contributed by atoms with Gasteiger partial charge in [-0.1, -0.05) is 12.1 Å². The summed E-state index contributed by atoms with van der Waals surface area (Å²) in [4.78, 5) is 4.87. The number of aryl methyl sites for hydroxylation is 1. The van der Waals surface area contributed by atoms with Crippen molar-refractivity contribution in [1.82, 2.24) is 9.80 Å². The van der Waals surface area contributed by atoms with Gasteiger partial charge in [-0.2, -0.15) is 0 Å². The molecule has 2 saturated heterocycles. The molecule has 0 radical (unpaired) electrons. The van der Waals surface area contributed by atoms with Crippen LogP contribution < -0.4 is 0 Å². The normalized spacial score (nSPS) is 25.1. The van der Waals surface area contributed by atoms with Crippen LogP contribution in [0.1, 0.15) is 17.1 Å². The Labute approximate surface area is 141 Å². The Kier molecular flexibility index (Phi) is 4.39. The van der Waals surface area contributed by atoms with E-state index < -0.39 is 0 Å².